The first-order valence-electron chi connectivity index (χ1n) is 6.59. The van der Waals surface area contributed by atoms with Crippen LogP contribution in [0.1, 0.15) is 28.8 Å². The summed E-state index contributed by atoms with van der Waals surface area (Å²) in [5.74, 6) is 0.254. The summed E-state index contributed by atoms with van der Waals surface area (Å²) in [5, 5.41) is 4.20. The largest absolute Gasteiger partial charge is 0.366 e. The van der Waals surface area contributed by atoms with Gasteiger partial charge in [0.15, 0.2) is 5.78 Å². The zero-order chi connectivity index (χ0) is 13.2. The number of para-hydroxylation sites is 1. The van der Waals surface area contributed by atoms with Crippen molar-refractivity contribution in [2.24, 2.45) is 7.05 Å². The highest BCUT2D eigenvalue weighted by Crippen LogP contribution is 2.27. The molecule has 0 saturated heterocycles. The van der Waals surface area contributed by atoms with Gasteiger partial charge in [0.1, 0.15) is 0 Å². The summed E-state index contributed by atoms with van der Waals surface area (Å²) in [7, 11) is 1.92. The molecule has 0 fully saturated rings. The van der Waals surface area contributed by atoms with Crippen molar-refractivity contribution in [3.8, 4) is 0 Å². The summed E-state index contributed by atoms with van der Waals surface area (Å²) in [6, 6.07) is 7.89. The molecule has 3 rings (SSSR count). The lowest BCUT2D eigenvalue weighted by Crippen LogP contribution is -2.23. The molecule has 0 bridgehead atoms. The molecule has 1 aromatic carbocycles. The third-order valence-corrected chi connectivity index (χ3v) is 3.51. The molecule has 4 heteroatoms. The first-order valence-corrected chi connectivity index (χ1v) is 6.59. The molecule has 0 saturated carbocycles. The predicted molar refractivity (Wildman–Crippen MR) is 74.3 cm³/mol. The highest BCUT2D eigenvalue weighted by atomic mass is 16.1. The lowest BCUT2D eigenvalue weighted by atomic mass is 10.1. The van der Waals surface area contributed by atoms with E-state index in [1.165, 1.54) is 5.56 Å². The summed E-state index contributed by atoms with van der Waals surface area (Å²) < 4.78 is 1.81. The number of Topliss-reactive ketones (excluding diaryl/α,β-unsaturated/α-hetero) is 1. The number of anilines is 1. The van der Waals surface area contributed by atoms with E-state index in [9.17, 15) is 4.79 Å². The van der Waals surface area contributed by atoms with Gasteiger partial charge in [0.25, 0.3) is 0 Å². The minimum absolute atomic E-state index is 0.254. The van der Waals surface area contributed by atoms with Crippen molar-refractivity contribution < 1.29 is 4.79 Å². The number of aryl methyl sites for hydroxylation is 1. The van der Waals surface area contributed by atoms with Crippen LogP contribution in [-0.2, 0) is 13.6 Å². The van der Waals surface area contributed by atoms with Crippen molar-refractivity contribution in [1.82, 2.24) is 9.78 Å². The predicted octanol–water partition coefficient (Wildman–Crippen LogP) is 2.40. The van der Waals surface area contributed by atoms with Crippen LogP contribution in [0.5, 0.6) is 0 Å². The van der Waals surface area contributed by atoms with Gasteiger partial charge in [-0.25, -0.2) is 0 Å². The average Bonchev–Trinajstić information content (AvgIpc) is 2.75. The molecule has 0 unspecified atom stereocenters. The minimum atomic E-state index is 0.254. The lowest BCUT2D eigenvalue weighted by Gasteiger charge is -2.23. The Kier molecular flexibility index (Phi) is 3.07. The minimum Gasteiger partial charge on any atom is -0.366 e. The zero-order valence-corrected chi connectivity index (χ0v) is 11.0. The molecule has 0 N–H and O–H groups in total. The van der Waals surface area contributed by atoms with Crippen molar-refractivity contribution in [3.05, 3.63) is 47.8 Å². The normalized spacial score (nSPS) is 15.2. The van der Waals surface area contributed by atoms with Crippen LogP contribution in [0.2, 0.25) is 0 Å². The highest BCUT2D eigenvalue weighted by molar-refractivity contribution is 6.01. The molecule has 19 heavy (non-hydrogen) atoms. The molecule has 1 aliphatic heterocycles. The molecule has 0 atom stereocenters. The molecule has 0 aliphatic carbocycles. The Hall–Kier alpha value is -2.10. The molecule has 0 amide bonds. The van der Waals surface area contributed by atoms with E-state index in [1.807, 2.05) is 48.4 Å². The molecule has 98 valence electrons. The Balaban J connectivity index is 1.93. The Morgan fingerprint density at radius 1 is 1.32 bits per heavy atom. The number of nitrogens with zero attached hydrogens (tertiary/aromatic N) is 3. The van der Waals surface area contributed by atoms with Crippen molar-refractivity contribution in [1.29, 1.82) is 0 Å². The van der Waals surface area contributed by atoms with Gasteiger partial charge in [-0.05, 0) is 18.6 Å². The van der Waals surface area contributed by atoms with Gasteiger partial charge in [-0.1, -0.05) is 12.1 Å². The van der Waals surface area contributed by atoms with Crippen LogP contribution in [0, 0.1) is 0 Å². The second-order valence-corrected chi connectivity index (χ2v) is 4.99. The number of aromatic nitrogens is 2. The van der Waals surface area contributed by atoms with E-state index >= 15 is 0 Å². The molecule has 1 aromatic heterocycles. The first kappa shape index (κ1) is 12.0. The maximum absolute atomic E-state index is 12.1. The molecule has 1 aliphatic rings. The van der Waals surface area contributed by atoms with Crippen molar-refractivity contribution in [2.45, 2.75) is 19.4 Å². The first-order chi connectivity index (χ1) is 9.24. The summed E-state index contributed by atoms with van der Waals surface area (Å²) in [6.45, 7) is 1.72. The number of carbonyl (C=O) groups excluding carboxylic acids is 1. The van der Waals surface area contributed by atoms with E-state index in [0.717, 1.165) is 30.8 Å². The number of hydrogen-bond donors (Lipinski definition) is 0. The lowest BCUT2D eigenvalue weighted by molar-refractivity contribution is 0.0984. The van der Waals surface area contributed by atoms with Crippen LogP contribution >= 0.6 is 0 Å². The van der Waals surface area contributed by atoms with Crippen LogP contribution in [0.25, 0.3) is 0 Å². The smallest absolute Gasteiger partial charge is 0.165 e. The number of ketones is 1. The van der Waals surface area contributed by atoms with Gasteiger partial charge in [0.05, 0.1) is 6.20 Å². The third kappa shape index (κ3) is 2.38. The topological polar surface area (TPSA) is 38.1 Å². The Morgan fingerprint density at radius 3 is 2.95 bits per heavy atom. The molecule has 2 aromatic rings. The summed E-state index contributed by atoms with van der Waals surface area (Å²) >= 11 is 0. The fourth-order valence-corrected chi connectivity index (χ4v) is 2.61. The number of rotatable bonds is 2. The second kappa shape index (κ2) is 4.88. The Bertz CT molecular complexity index is 603. The van der Waals surface area contributed by atoms with Gasteiger partial charge < -0.3 is 4.90 Å². The van der Waals surface area contributed by atoms with E-state index in [1.54, 1.807) is 0 Å². The second-order valence-electron chi connectivity index (χ2n) is 4.99. The van der Waals surface area contributed by atoms with Gasteiger partial charge in [-0.15, -0.1) is 0 Å². The summed E-state index contributed by atoms with van der Waals surface area (Å²) in [4.78, 5) is 14.3. The summed E-state index contributed by atoms with van der Waals surface area (Å²) in [6.07, 6.45) is 5.46. The highest BCUT2D eigenvalue weighted by Gasteiger charge is 2.20. The Labute approximate surface area is 112 Å². The van der Waals surface area contributed by atoms with Crippen molar-refractivity contribution in [2.75, 3.05) is 11.4 Å². The monoisotopic (exact) mass is 255 g/mol. The van der Waals surface area contributed by atoms with Crippen molar-refractivity contribution in [3.63, 3.8) is 0 Å². The Morgan fingerprint density at radius 2 is 2.16 bits per heavy atom. The van der Waals surface area contributed by atoms with Crippen LogP contribution < -0.4 is 4.90 Å². The maximum atomic E-state index is 12.1. The van der Waals surface area contributed by atoms with Crippen molar-refractivity contribution >= 4 is 11.5 Å². The molecule has 0 radical (unpaired) electrons. The van der Waals surface area contributed by atoms with Gasteiger partial charge in [-0.2, -0.15) is 5.10 Å². The van der Waals surface area contributed by atoms with Crippen LogP contribution in [0.15, 0.2) is 36.7 Å². The number of carbonyl (C=O) groups is 1. The van der Waals surface area contributed by atoms with E-state index in [4.69, 9.17) is 0 Å². The number of fused-ring (bicyclic) bond motifs is 1. The SMILES string of the molecule is Cn1cc(CN2CCCC(=O)c3ccccc32)cn1. The van der Waals surface area contributed by atoms with E-state index in [0.29, 0.717) is 6.42 Å². The zero-order valence-electron chi connectivity index (χ0n) is 11.0. The van der Waals surface area contributed by atoms with Gasteiger partial charge in [0, 0.05) is 49.6 Å². The molecule has 0 spiro atoms. The van der Waals surface area contributed by atoms with E-state index < -0.39 is 0 Å². The molecular weight excluding hydrogens is 238 g/mol. The average molecular weight is 255 g/mol. The standard InChI is InChI=1S/C15H17N3O/c1-17-10-12(9-16-17)11-18-8-4-7-15(19)13-5-2-3-6-14(13)18/h2-3,5-6,9-10H,4,7-8,11H2,1H3. The van der Waals surface area contributed by atoms with Gasteiger partial charge in [0.2, 0.25) is 0 Å². The van der Waals surface area contributed by atoms with Crippen LogP contribution in [0.4, 0.5) is 5.69 Å². The summed E-state index contributed by atoms with van der Waals surface area (Å²) in [5.41, 5.74) is 3.07. The fraction of sp³-hybridized carbons (Fsp3) is 0.333. The molecular formula is C15H17N3O. The number of benzene rings is 1. The quantitative estimate of drug-likeness (QED) is 0.827. The third-order valence-electron chi connectivity index (χ3n) is 3.51. The van der Waals surface area contributed by atoms with E-state index in [2.05, 4.69) is 10.00 Å². The van der Waals surface area contributed by atoms with Gasteiger partial charge >= 0.3 is 0 Å². The fourth-order valence-electron chi connectivity index (χ4n) is 2.61. The number of hydrogen-bond acceptors (Lipinski definition) is 3. The van der Waals surface area contributed by atoms with Gasteiger partial charge in [-0.3, -0.25) is 9.48 Å². The maximum Gasteiger partial charge on any atom is 0.165 e. The molecule has 4 nitrogen and oxygen atoms in total. The molecule has 2 heterocycles. The van der Waals surface area contributed by atoms with E-state index in [-0.39, 0.29) is 5.78 Å². The van der Waals surface area contributed by atoms with Crippen LogP contribution in [-0.4, -0.2) is 22.1 Å². The van der Waals surface area contributed by atoms with Crippen LogP contribution in [0.3, 0.4) is 0 Å².